The highest BCUT2D eigenvalue weighted by Gasteiger charge is 2.05. The summed E-state index contributed by atoms with van der Waals surface area (Å²) in [6.07, 6.45) is 0.605. The second-order valence-electron chi connectivity index (χ2n) is 3.21. The number of thioether (sulfide) groups is 1. The monoisotopic (exact) mass is 240 g/mol. The molecule has 0 aliphatic rings. The van der Waals surface area contributed by atoms with E-state index in [0.717, 1.165) is 17.1 Å². The normalized spacial score (nSPS) is 9.88. The molecule has 0 saturated carbocycles. The van der Waals surface area contributed by atoms with E-state index in [1.165, 1.54) is 7.11 Å². The molecule has 0 bridgehead atoms. The van der Waals surface area contributed by atoms with Crippen molar-refractivity contribution >= 4 is 29.2 Å². The minimum atomic E-state index is -0.513. The Morgan fingerprint density at radius 2 is 2.31 bits per heavy atom. The molecule has 0 saturated heterocycles. The number of anilines is 2. The van der Waals surface area contributed by atoms with Gasteiger partial charge in [-0.1, -0.05) is 6.92 Å². The molecule has 88 valence electrons. The van der Waals surface area contributed by atoms with Crippen molar-refractivity contribution in [2.45, 2.75) is 18.2 Å². The number of nitrogen functional groups attached to an aromatic ring is 1. The van der Waals surface area contributed by atoms with Crippen LogP contribution in [0.1, 0.15) is 13.3 Å². The zero-order chi connectivity index (χ0) is 12.0. The molecule has 1 rings (SSSR count). The van der Waals surface area contributed by atoms with Crippen LogP contribution in [-0.2, 0) is 4.74 Å². The quantitative estimate of drug-likeness (QED) is 0.627. The van der Waals surface area contributed by atoms with Crippen LogP contribution in [0.25, 0.3) is 0 Å². The Morgan fingerprint density at radius 3 is 2.88 bits per heavy atom. The first-order valence-electron chi connectivity index (χ1n) is 5.04. The first-order valence-corrected chi connectivity index (χ1v) is 6.03. The molecule has 0 aliphatic carbocycles. The fraction of sp³-hybridized carbons (Fsp3) is 0.364. The summed E-state index contributed by atoms with van der Waals surface area (Å²) in [4.78, 5) is 12.1. The van der Waals surface area contributed by atoms with Gasteiger partial charge in [0.05, 0.1) is 18.5 Å². The largest absolute Gasteiger partial charge is 0.453 e. The third-order valence-electron chi connectivity index (χ3n) is 1.92. The summed E-state index contributed by atoms with van der Waals surface area (Å²) in [6.45, 7) is 2.13. The molecular formula is C11H16N2O2S. The Balaban J connectivity index is 2.71. The first-order chi connectivity index (χ1) is 7.67. The third-order valence-corrected chi connectivity index (χ3v) is 3.12. The maximum atomic E-state index is 11.0. The first kappa shape index (κ1) is 12.7. The van der Waals surface area contributed by atoms with Crippen molar-refractivity contribution in [3.8, 4) is 0 Å². The van der Waals surface area contributed by atoms with Gasteiger partial charge in [0.1, 0.15) is 0 Å². The van der Waals surface area contributed by atoms with Gasteiger partial charge in [-0.15, -0.1) is 11.8 Å². The van der Waals surface area contributed by atoms with Crippen molar-refractivity contribution < 1.29 is 9.53 Å². The summed E-state index contributed by atoms with van der Waals surface area (Å²) in [7, 11) is 1.32. The third kappa shape index (κ3) is 3.66. The predicted octanol–water partition coefficient (Wildman–Crippen LogP) is 2.95. The average Bonchev–Trinajstić information content (AvgIpc) is 2.29. The maximum absolute atomic E-state index is 11.0. The van der Waals surface area contributed by atoms with E-state index >= 15 is 0 Å². The van der Waals surface area contributed by atoms with Crippen LogP contribution in [0.15, 0.2) is 23.1 Å². The van der Waals surface area contributed by atoms with Gasteiger partial charge in [-0.3, -0.25) is 5.32 Å². The lowest BCUT2D eigenvalue weighted by molar-refractivity contribution is 0.187. The fourth-order valence-electron chi connectivity index (χ4n) is 1.13. The zero-order valence-electron chi connectivity index (χ0n) is 9.45. The molecule has 3 N–H and O–H groups in total. The van der Waals surface area contributed by atoms with Crippen molar-refractivity contribution in [2.75, 3.05) is 23.9 Å². The summed E-state index contributed by atoms with van der Waals surface area (Å²) in [5.41, 5.74) is 6.94. The van der Waals surface area contributed by atoms with Crippen LogP contribution in [-0.4, -0.2) is 19.0 Å². The lowest BCUT2D eigenvalue weighted by Gasteiger charge is -2.08. The number of hydrogen-bond acceptors (Lipinski definition) is 4. The van der Waals surface area contributed by atoms with E-state index in [1.54, 1.807) is 17.8 Å². The summed E-state index contributed by atoms with van der Waals surface area (Å²) < 4.78 is 4.49. The van der Waals surface area contributed by atoms with Crippen molar-refractivity contribution in [2.24, 2.45) is 0 Å². The molecule has 0 spiro atoms. The smallest absolute Gasteiger partial charge is 0.411 e. The number of carbonyl (C=O) groups is 1. The highest BCUT2D eigenvalue weighted by Crippen LogP contribution is 2.26. The van der Waals surface area contributed by atoms with E-state index < -0.39 is 6.09 Å². The minimum Gasteiger partial charge on any atom is -0.453 e. The van der Waals surface area contributed by atoms with Crippen molar-refractivity contribution in [3.05, 3.63) is 18.2 Å². The Bertz CT molecular complexity index is 369. The lowest BCUT2D eigenvalue weighted by Crippen LogP contribution is -2.12. The standard InChI is InChI=1S/C11H16N2O2S/c1-3-6-16-8-4-5-10(9(12)7-8)13-11(14)15-2/h4-5,7H,3,6,12H2,1-2H3,(H,13,14). The van der Waals surface area contributed by atoms with Gasteiger partial charge in [-0.25, -0.2) is 4.79 Å². The Labute approximate surface area is 99.5 Å². The van der Waals surface area contributed by atoms with E-state index in [9.17, 15) is 4.79 Å². The summed E-state index contributed by atoms with van der Waals surface area (Å²) >= 11 is 1.74. The molecule has 1 aromatic carbocycles. The van der Waals surface area contributed by atoms with Gasteiger partial charge in [0.2, 0.25) is 0 Å². The Kier molecular flexibility index (Phi) is 4.98. The zero-order valence-corrected chi connectivity index (χ0v) is 10.3. The van der Waals surface area contributed by atoms with E-state index in [2.05, 4.69) is 17.0 Å². The van der Waals surface area contributed by atoms with Crippen LogP contribution in [0.2, 0.25) is 0 Å². The van der Waals surface area contributed by atoms with Crippen LogP contribution in [0.4, 0.5) is 16.2 Å². The predicted molar refractivity (Wildman–Crippen MR) is 67.9 cm³/mol. The van der Waals surface area contributed by atoms with Crippen molar-refractivity contribution in [1.29, 1.82) is 0 Å². The number of amides is 1. The lowest BCUT2D eigenvalue weighted by atomic mass is 10.3. The molecule has 1 aromatic rings. The van der Waals surface area contributed by atoms with Gasteiger partial charge in [-0.2, -0.15) is 0 Å². The summed E-state index contributed by atoms with van der Waals surface area (Å²) in [5.74, 6) is 1.06. The number of nitrogens with one attached hydrogen (secondary N) is 1. The molecule has 0 fully saturated rings. The van der Waals surface area contributed by atoms with Gasteiger partial charge in [0, 0.05) is 4.90 Å². The van der Waals surface area contributed by atoms with Gasteiger partial charge < -0.3 is 10.5 Å². The van der Waals surface area contributed by atoms with Crippen LogP contribution in [0, 0.1) is 0 Å². The molecule has 4 nitrogen and oxygen atoms in total. The molecule has 0 heterocycles. The molecule has 0 aliphatic heterocycles. The molecular weight excluding hydrogens is 224 g/mol. The SMILES string of the molecule is CCCSc1ccc(NC(=O)OC)c(N)c1. The number of hydrogen-bond donors (Lipinski definition) is 2. The van der Waals surface area contributed by atoms with Crippen LogP contribution < -0.4 is 11.1 Å². The van der Waals surface area contributed by atoms with Crippen LogP contribution in [0.3, 0.4) is 0 Å². The summed E-state index contributed by atoms with van der Waals surface area (Å²) in [6, 6.07) is 5.57. The average molecular weight is 240 g/mol. The Hall–Kier alpha value is -1.36. The molecule has 16 heavy (non-hydrogen) atoms. The second-order valence-corrected chi connectivity index (χ2v) is 4.38. The van der Waals surface area contributed by atoms with E-state index in [1.807, 2.05) is 12.1 Å². The fourth-order valence-corrected chi connectivity index (χ4v) is 1.94. The van der Waals surface area contributed by atoms with Crippen molar-refractivity contribution in [3.63, 3.8) is 0 Å². The van der Waals surface area contributed by atoms with Crippen molar-refractivity contribution in [1.82, 2.24) is 0 Å². The van der Waals surface area contributed by atoms with Crippen LogP contribution in [0.5, 0.6) is 0 Å². The second kappa shape index (κ2) is 6.27. The number of rotatable bonds is 4. The van der Waals surface area contributed by atoms with Crippen LogP contribution >= 0.6 is 11.8 Å². The molecule has 0 aromatic heterocycles. The highest BCUT2D eigenvalue weighted by atomic mass is 32.2. The summed E-state index contributed by atoms with van der Waals surface area (Å²) in [5, 5.41) is 2.55. The topological polar surface area (TPSA) is 64.3 Å². The molecule has 5 heteroatoms. The Morgan fingerprint density at radius 1 is 1.56 bits per heavy atom. The van der Waals surface area contributed by atoms with Gasteiger partial charge in [-0.05, 0) is 30.4 Å². The van der Waals surface area contributed by atoms with E-state index in [-0.39, 0.29) is 0 Å². The highest BCUT2D eigenvalue weighted by molar-refractivity contribution is 7.99. The van der Waals surface area contributed by atoms with Gasteiger partial charge in [0.25, 0.3) is 0 Å². The number of methoxy groups -OCH3 is 1. The van der Waals surface area contributed by atoms with Gasteiger partial charge in [0.15, 0.2) is 0 Å². The number of benzene rings is 1. The molecule has 0 radical (unpaired) electrons. The number of ether oxygens (including phenoxy) is 1. The van der Waals surface area contributed by atoms with E-state index in [4.69, 9.17) is 5.73 Å². The van der Waals surface area contributed by atoms with Gasteiger partial charge >= 0.3 is 6.09 Å². The molecule has 0 unspecified atom stereocenters. The maximum Gasteiger partial charge on any atom is 0.411 e. The molecule has 1 amide bonds. The van der Waals surface area contributed by atoms with E-state index in [0.29, 0.717) is 11.4 Å². The minimum absolute atomic E-state index is 0.513. The number of nitrogens with two attached hydrogens (primary N) is 1. The number of carbonyl (C=O) groups excluding carboxylic acids is 1. The molecule has 0 atom stereocenters.